The van der Waals surface area contributed by atoms with Crippen molar-refractivity contribution in [3.63, 3.8) is 0 Å². The monoisotopic (exact) mass is 385 g/mol. The Bertz CT molecular complexity index is 669. The number of nitrogens with zero attached hydrogens (tertiary/aromatic N) is 2. The summed E-state index contributed by atoms with van der Waals surface area (Å²) in [6.07, 6.45) is 7.29. The molecule has 3 fully saturated rings. The maximum Gasteiger partial charge on any atom is 0.243 e. The molecule has 0 radical (unpaired) electrons. The third-order valence-corrected chi connectivity index (χ3v) is 5.91. The van der Waals surface area contributed by atoms with E-state index in [2.05, 4.69) is 10.2 Å². The van der Waals surface area contributed by atoms with E-state index in [0.29, 0.717) is 25.6 Å². The number of carbonyl (C=O) groups excluding carboxylic acids is 2. The van der Waals surface area contributed by atoms with Crippen molar-refractivity contribution in [1.82, 2.24) is 15.1 Å². The molecule has 2 aliphatic heterocycles. The lowest BCUT2D eigenvalue weighted by Gasteiger charge is -2.27. The van der Waals surface area contributed by atoms with Gasteiger partial charge in [-0.2, -0.15) is 0 Å². The fourth-order valence-electron chi connectivity index (χ4n) is 4.20. The molecule has 1 aromatic carbocycles. The Balaban J connectivity index is 1.41. The second kappa shape index (κ2) is 8.95. The number of para-hydroxylation sites is 1. The van der Waals surface area contributed by atoms with Gasteiger partial charge >= 0.3 is 0 Å². The third kappa shape index (κ3) is 5.04. The normalized spacial score (nSPS) is 25.9. The highest BCUT2D eigenvalue weighted by molar-refractivity contribution is 5.89. The highest BCUT2D eigenvalue weighted by Crippen LogP contribution is 2.26. The third-order valence-electron chi connectivity index (χ3n) is 5.91. The number of hydrogen-bond donors (Lipinski definition) is 1. The van der Waals surface area contributed by atoms with Gasteiger partial charge in [-0.25, -0.2) is 0 Å². The Morgan fingerprint density at radius 3 is 2.43 bits per heavy atom. The summed E-state index contributed by atoms with van der Waals surface area (Å²) >= 11 is 0. The number of likely N-dealkylation sites (tertiary alicyclic amines) is 2. The maximum absolute atomic E-state index is 13.1. The van der Waals surface area contributed by atoms with Gasteiger partial charge in [0, 0.05) is 12.5 Å². The van der Waals surface area contributed by atoms with Crippen LogP contribution in [0.1, 0.15) is 44.9 Å². The van der Waals surface area contributed by atoms with E-state index < -0.39 is 6.04 Å². The van der Waals surface area contributed by atoms with E-state index in [1.54, 1.807) is 4.90 Å². The van der Waals surface area contributed by atoms with E-state index in [1.807, 2.05) is 30.3 Å². The van der Waals surface area contributed by atoms with E-state index in [0.717, 1.165) is 44.5 Å². The molecule has 3 aliphatic rings. The van der Waals surface area contributed by atoms with Crippen molar-refractivity contribution in [3.8, 4) is 5.75 Å². The molecule has 2 saturated heterocycles. The average Bonchev–Trinajstić information content (AvgIpc) is 3.46. The molecule has 0 bridgehead atoms. The average molecular weight is 386 g/mol. The highest BCUT2D eigenvalue weighted by atomic mass is 16.5. The van der Waals surface area contributed by atoms with Gasteiger partial charge in [0.05, 0.1) is 13.1 Å². The summed E-state index contributed by atoms with van der Waals surface area (Å²) in [4.78, 5) is 29.9. The van der Waals surface area contributed by atoms with Crippen molar-refractivity contribution >= 4 is 11.8 Å². The molecule has 1 aromatic rings. The minimum atomic E-state index is -0.422. The van der Waals surface area contributed by atoms with Gasteiger partial charge < -0.3 is 15.0 Å². The van der Waals surface area contributed by atoms with Crippen molar-refractivity contribution in [2.45, 2.75) is 63.1 Å². The van der Waals surface area contributed by atoms with Crippen molar-refractivity contribution in [2.24, 2.45) is 0 Å². The predicted octanol–water partition coefficient (Wildman–Crippen LogP) is 2.19. The van der Waals surface area contributed by atoms with Crippen LogP contribution >= 0.6 is 0 Å². The summed E-state index contributed by atoms with van der Waals surface area (Å²) in [6, 6.07) is 9.53. The van der Waals surface area contributed by atoms with Crippen LogP contribution in [0.25, 0.3) is 0 Å². The summed E-state index contributed by atoms with van der Waals surface area (Å²) in [5, 5.41) is 3.08. The zero-order chi connectivity index (χ0) is 19.3. The van der Waals surface area contributed by atoms with Crippen LogP contribution in [-0.4, -0.2) is 66.0 Å². The van der Waals surface area contributed by atoms with Gasteiger partial charge in [-0.1, -0.05) is 31.0 Å². The summed E-state index contributed by atoms with van der Waals surface area (Å²) < 4.78 is 6.08. The van der Waals surface area contributed by atoms with Crippen LogP contribution < -0.4 is 10.1 Å². The number of rotatable bonds is 6. The second-order valence-corrected chi connectivity index (χ2v) is 8.32. The first-order valence-electron chi connectivity index (χ1n) is 10.7. The van der Waals surface area contributed by atoms with Gasteiger partial charge in [-0.05, 0) is 50.9 Å². The molecule has 2 atom stereocenters. The first kappa shape index (κ1) is 19.2. The Labute approximate surface area is 167 Å². The van der Waals surface area contributed by atoms with Crippen LogP contribution in [0, 0.1) is 0 Å². The summed E-state index contributed by atoms with van der Waals surface area (Å²) in [5.74, 6) is 0.818. The molecular formula is C22H31N3O3. The molecule has 0 aromatic heterocycles. The number of nitrogens with one attached hydrogen (secondary N) is 1. The lowest BCUT2D eigenvalue weighted by Crippen LogP contribution is -2.49. The Hall–Kier alpha value is -2.08. The summed E-state index contributed by atoms with van der Waals surface area (Å²) in [6.45, 7) is 2.83. The minimum Gasteiger partial charge on any atom is -0.488 e. The summed E-state index contributed by atoms with van der Waals surface area (Å²) in [5.41, 5.74) is 0. The van der Waals surface area contributed by atoms with Gasteiger partial charge in [0.1, 0.15) is 17.9 Å². The molecule has 0 unspecified atom stereocenters. The van der Waals surface area contributed by atoms with Crippen molar-refractivity contribution in [1.29, 1.82) is 0 Å². The fourth-order valence-corrected chi connectivity index (χ4v) is 4.20. The van der Waals surface area contributed by atoms with E-state index in [1.165, 1.54) is 12.8 Å². The van der Waals surface area contributed by atoms with Gasteiger partial charge in [0.25, 0.3) is 0 Å². The second-order valence-electron chi connectivity index (χ2n) is 8.32. The number of benzene rings is 1. The van der Waals surface area contributed by atoms with E-state index in [-0.39, 0.29) is 17.9 Å². The topological polar surface area (TPSA) is 61.9 Å². The molecule has 4 rings (SSSR count). The van der Waals surface area contributed by atoms with Gasteiger partial charge in [-0.3, -0.25) is 14.5 Å². The van der Waals surface area contributed by atoms with Crippen LogP contribution in [0.3, 0.4) is 0 Å². The molecule has 6 heteroatoms. The molecule has 2 amide bonds. The van der Waals surface area contributed by atoms with Crippen molar-refractivity contribution in [3.05, 3.63) is 30.3 Å². The predicted molar refractivity (Wildman–Crippen MR) is 107 cm³/mol. The van der Waals surface area contributed by atoms with E-state index >= 15 is 0 Å². The van der Waals surface area contributed by atoms with Gasteiger partial charge in [0.2, 0.25) is 11.8 Å². The van der Waals surface area contributed by atoms with Crippen LogP contribution in [0.15, 0.2) is 30.3 Å². The van der Waals surface area contributed by atoms with E-state index in [4.69, 9.17) is 4.74 Å². The Morgan fingerprint density at radius 2 is 1.75 bits per heavy atom. The Kier molecular flexibility index (Phi) is 6.15. The molecule has 2 heterocycles. The molecule has 6 nitrogen and oxygen atoms in total. The number of ether oxygens (including phenoxy) is 1. The fraction of sp³-hybridized carbons (Fsp3) is 0.636. The summed E-state index contributed by atoms with van der Waals surface area (Å²) in [7, 11) is 0. The molecule has 1 saturated carbocycles. The standard InChI is InChI=1S/C22H31N3O3/c26-21(16-24-12-6-1-2-7-13-24)25-15-19(28-18-8-4-3-5-9-18)14-20(25)22(27)23-17-10-11-17/h3-5,8-9,17,19-20H,1-2,6-7,10-16H2,(H,23,27)/t19-,20-/m0/s1. The molecule has 1 N–H and O–H groups in total. The Morgan fingerprint density at radius 1 is 1.04 bits per heavy atom. The quantitative estimate of drug-likeness (QED) is 0.815. The number of carbonyl (C=O) groups is 2. The van der Waals surface area contributed by atoms with Gasteiger partial charge in [0.15, 0.2) is 0 Å². The highest BCUT2D eigenvalue weighted by Gasteiger charge is 2.42. The molecule has 0 spiro atoms. The molecule has 1 aliphatic carbocycles. The largest absolute Gasteiger partial charge is 0.488 e. The first-order chi connectivity index (χ1) is 13.7. The van der Waals surface area contributed by atoms with Gasteiger partial charge in [-0.15, -0.1) is 0 Å². The van der Waals surface area contributed by atoms with Crippen LogP contribution in [-0.2, 0) is 9.59 Å². The lowest BCUT2D eigenvalue weighted by atomic mass is 10.1. The minimum absolute atomic E-state index is 0.0223. The van der Waals surface area contributed by atoms with Crippen molar-refractivity contribution < 1.29 is 14.3 Å². The number of hydrogen-bond acceptors (Lipinski definition) is 4. The van der Waals surface area contributed by atoms with Crippen LogP contribution in [0.2, 0.25) is 0 Å². The molecular weight excluding hydrogens is 354 g/mol. The number of amides is 2. The van der Waals surface area contributed by atoms with E-state index in [9.17, 15) is 9.59 Å². The molecule has 152 valence electrons. The zero-order valence-electron chi connectivity index (χ0n) is 16.5. The molecule has 28 heavy (non-hydrogen) atoms. The maximum atomic E-state index is 13.1. The smallest absolute Gasteiger partial charge is 0.243 e. The van der Waals surface area contributed by atoms with Crippen molar-refractivity contribution in [2.75, 3.05) is 26.2 Å². The SMILES string of the molecule is O=C(NC1CC1)[C@@H]1C[C@H](Oc2ccccc2)CN1C(=O)CN1CCCCCC1. The lowest BCUT2D eigenvalue weighted by molar-refractivity contribution is -0.139. The zero-order valence-corrected chi connectivity index (χ0v) is 16.5. The van der Waals surface area contributed by atoms with Crippen LogP contribution in [0.5, 0.6) is 5.75 Å². The first-order valence-corrected chi connectivity index (χ1v) is 10.7. The van der Waals surface area contributed by atoms with Crippen LogP contribution in [0.4, 0.5) is 0 Å².